The number of methoxy groups -OCH3 is 1. The predicted octanol–water partition coefficient (Wildman–Crippen LogP) is 5.65. The highest BCUT2D eigenvalue weighted by atomic mass is 32.2. The molecular formula is C26H24N2O3S2. The minimum Gasteiger partial charge on any atom is -0.465 e. The van der Waals surface area contributed by atoms with E-state index in [0.717, 1.165) is 40.7 Å². The van der Waals surface area contributed by atoms with E-state index in [2.05, 4.69) is 6.92 Å². The number of fused-ring (bicyclic) bond motifs is 3. The van der Waals surface area contributed by atoms with Crippen LogP contribution in [0.1, 0.15) is 39.7 Å². The molecule has 0 aliphatic heterocycles. The molecule has 0 radical (unpaired) electrons. The van der Waals surface area contributed by atoms with Gasteiger partial charge in [-0.1, -0.05) is 49.0 Å². The Kier molecular flexibility index (Phi) is 6.08. The number of thioether (sulfide) groups is 1. The normalized spacial score (nSPS) is 15.4. The predicted molar refractivity (Wildman–Crippen MR) is 134 cm³/mol. The number of thiophene rings is 1. The number of rotatable bonds is 5. The van der Waals surface area contributed by atoms with E-state index in [9.17, 15) is 9.59 Å². The monoisotopic (exact) mass is 476 g/mol. The fraction of sp³-hybridized carbons (Fsp3) is 0.269. The molecule has 0 saturated carbocycles. The van der Waals surface area contributed by atoms with Gasteiger partial charge in [0.1, 0.15) is 4.83 Å². The SMILES string of the molecule is COC(=O)c1ccc(CSc2nc3sc4c(c3c(=O)n2-c2ccccc2)CCC(C)C4)cc1. The Labute approximate surface area is 200 Å². The first kappa shape index (κ1) is 21.9. The molecular weight excluding hydrogens is 452 g/mol. The van der Waals surface area contributed by atoms with Crippen LogP contribution in [0.15, 0.2) is 64.5 Å². The van der Waals surface area contributed by atoms with Crippen LogP contribution in [0, 0.1) is 5.92 Å². The van der Waals surface area contributed by atoms with Crippen molar-refractivity contribution in [3.8, 4) is 5.69 Å². The lowest BCUT2D eigenvalue weighted by atomic mass is 9.89. The molecule has 2 heterocycles. The van der Waals surface area contributed by atoms with Crippen LogP contribution in [0.25, 0.3) is 15.9 Å². The molecule has 0 N–H and O–H groups in total. The number of ether oxygens (including phenoxy) is 1. The largest absolute Gasteiger partial charge is 0.465 e. The van der Waals surface area contributed by atoms with Crippen LogP contribution in [0.2, 0.25) is 0 Å². The molecule has 33 heavy (non-hydrogen) atoms. The maximum Gasteiger partial charge on any atom is 0.337 e. The molecule has 7 heteroatoms. The summed E-state index contributed by atoms with van der Waals surface area (Å²) in [6, 6.07) is 17.1. The highest BCUT2D eigenvalue weighted by Crippen LogP contribution is 2.37. The second-order valence-electron chi connectivity index (χ2n) is 8.38. The molecule has 0 amide bonds. The van der Waals surface area contributed by atoms with Gasteiger partial charge < -0.3 is 4.74 Å². The van der Waals surface area contributed by atoms with Gasteiger partial charge in [-0.25, -0.2) is 9.78 Å². The molecule has 0 saturated heterocycles. The van der Waals surface area contributed by atoms with Crippen molar-refractivity contribution in [2.24, 2.45) is 5.92 Å². The van der Waals surface area contributed by atoms with E-state index in [0.29, 0.717) is 22.4 Å². The number of aromatic nitrogens is 2. The molecule has 1 atom stereocenters. The molecule has 1 aliphatic rings. The molecule has 0 spiro atoms. The van der Waals surface area contributed by atoms with Crippen LogP contribution in [-0.2, 0) is 23.3 Å². The lowest BCUT2D eigenvalue weighted by molar-refractivity contribution is 0.0600. The van der Waals surface area contributed by atoms with Crippen molar-refractivity contribution in [1.82, 2.24) is 9.55 Å². The van der Waals surface area contributed by atoms with E-state index in [1.54, 1.807) is 28.0 Å². The van der Waals surface area contributed by atoms with Crippen molar-refractivity contribution in [3.05, 3.63) is 86.5 Å². The second-order valence-corrected chi connectivity index (χ2v) is 10.4. The molecule has 5 nitrogen and oxygen atoms in total. The highest BCUT2D eigenvalue weighted by Gasteiger charge is 2.25. The van der Waals surface area contributed by atoms with E-state index in [4.69, 9.17) is 9.72 Å². The summed E-state index contributed by atoms with van der Waals surface area (Å²) in [5.74, 6) is 0.924. The van der Waals surface area contributed by atoms with Gasteiger partial charge in [0.25, 0.3) is 5.56 Å². The first-order valence-electron chi connectivity index (χ1n) is 11.0. The van der Waals surface area contributed by atoms with E-state index < -0.39 is 0 Å². The van der Waals surface area contributed by atoms with Crippen LogP contribution in [0.4, 0.5) is 0 Å². The minimum atomic E-state index is -0.352. The number of aryl methyl sites for hydroxylation is 1. The van der Waals surface area contributed by atoms with Gasteiger partial charge in [0.2, 0.25) is 0 Å². The van der Waals surface area contributed by atoms with Crippen molar-refractivity contribution in [2.75, 3.05) is 7.11 Å². The van der Waals surface area contributed by atoms with Crippen molar-refractivity contribution >= 4 is 39.3 Å². The summed E-state index contributed by atoms with van der Waals surface area (Å²) in [7, 11) is 1.37. The van der Waals surface area contributed by atoms with Crippen molar-refractivity contribution in [1.29, 1.82) is 0 Å². The molecule has 4 aromatic rings. The smallest absolute Gasteiger partial charge is 0.337 e. The summed E-state index contributed by atoms with van der Waals surface area (Å²) >= 11 is 3.21. The number of carbonyl (C=O) groups is 1. The molecule has 2 aromatic heterocycles. The van der Waals surface area contributed by atoms with Gasteiger partial charge in [0, 0.05) is 10.6 Å². The van der Waals surface area contributed by atoms with Crippen LogP contribution in [0.3, 0.4) is 0 Å². The van der Waals surface area contributed by atoms with E-state index in [-0.39, 0.29) is 11.5 Å². The van der Waals surface area contributed by atoms with Crippen molar-refractivity contribution in [3.63, 3.8) is 0 Å². The number of carbonyl (C=O) groups excluding carboxylic acids is 1. The molecule has 2 aromatic carbocycles. The maximum atomic E-state index is 13.8. The van der Waals surface area contributed by atoms with Gasteiger partial charge in [-0.15, -0.1) is 11.3 Å². The van der Waals surface area contributed by atoms with Gasteiger partial charge in [0.15, 0.2) is 5.16 Å². The minimum absolute atomic E-state index is 0.0155. The second kappa shape index (κ2) is 9.15. The lowest BCUT2D eigenvalue weighted by Gasteiger charge is -2.17. The van der Waals surface area contributed by atoms with Crippen LogP contribution < -0.4 is 5.56 Å². The number of benzene rings is 2. The topological polar surface area (TPSA) is 61.2 Å². The first-order valence-corrected chi connectivity index (χ1v) is 12.8. The van der Waals surface area contributed by atoms with Crippen LogP contribution in [0.5, 0.6) is 0 Å². The molecule has 168 valence electrons. The standard InChI is InChI=1S/C26H24N2O3S2/c1-16-8-13-20-21(14-16)33-23-22(20)24(29)28(19-6-4-3-5-7-19)26(27-23)32-15-17-9-11-18(12-10-17)25(30)31-2/h3-7,9-12,16H,8,13-15H2,1-2H3. The number of esters is 1. The highest BCUT2D eigenvalue weighted by molar-refractivity contribution is 7.98. The molecule has 0 fully saturated rings. The number of hydrogen-bond donors (Lipinski definition) is 0. The summed E-state index contributed by atoms with van der Waals surface area (Å²) in [5.41, 5.74) is 3.60. The summed E-state index contributed by atoms with van der Waals surface area (Å²) < 4.78 is 6.53. The number of nitrogens with zero attached hydrogens (tertiary/aromatic N) is 2. The quantitative estimate of drug-likeness (QED) is 0.212. The van der Waals surface area contributed by atoms with Crippen molar-refractivity contribution in [2.45, 2.75) is 37.1 Å². The summed E-state index contributed by atoms with van der Waals surface area (Å²) in [6.45, 7) is 2.27. The lowest BCUT2D eigenvalue weighted by Crippen LogP contribution is -2.22. The Morgan fingerprint density at radius 1 is 1.18 bits per heavy atom. The Hall–Kier alpha value is -2.90. The van der Waals surface area contributed by atoms with Gasteiger partial charge in [-0.3, -0.25) is 9.36 Å². The number of hydrogen-bond acceptors (Lipinski definition) is 6. The molecule has 1 aliphatic carbocycles. The van der Waals surface area contributed by atoms with Crippen LogP contribution >= 0.6 is 23.1 Å². The van der Waals surface area contributed by atoms with Crippen molar-refractivity contribution < 1.29 is 9.53 Å². The zero-order valence-electron chi connectivity index (χ0n) is 18.5. The fourth-order valence-electron chi connectivity index (χ4n) is 4.28. The molecule has 0 bridgehead atoms. The third-order valence-corrected chi connectivity index (χ3v) is 8.21. The van der Waals surface area contributed by atoms with E-state index in [1.165, 1.54) is 29.3 Å². The summed E-state index contributed by atoms with van der Waals surface area (Å²) in [6.07, 6.45) is 3.08. The Bertz CT molecular complexity index is 1370. The Morgan fingerprint density at radius 3 is 2.67 bits per heavy atom. The molecule has 1 unspecified atom stereocenters. The fourth-order valence-corrected chi connectivity index (χ4v) is 6.67. The average molecular weight is 477 g/mol. The van der Waals surface area contributed by atoms with E-state index >= 15 is 0 Å². The van der Waals surface area contributed by atoms with E-state index in [1.807, 2.05) is 42.5 Å². The Morgan fingerprint density at radius 2 is 1.94 bits per heavy atom. The van der Waals surface area contributed by atoms with Gasteiger partial charge in [-0.2, -0.15) is 0 Å². The third kappa shape index (κ3) is 4.23. The van der Waals surface area contributed by atoms with Gasteiger partial charge in [-0.05, 0) is 60.6 Å². The zero-order valence-corrected chi connectivity index (χ0v) is 20.2. The van der Waals surface area contributed by atoms with Gasteiger partial charge in [0.05, 0.1) is 23.7 Å². The summed E-state index contributed by atoms with van der Waals surface area (Å²) in [4.78, 5) is 32.6. The summed E-state index contributed by atoms with van der Waals surface area (Å²) in [5, 5.41) is 1.47. The first-order chi connectivity index (χ1) is 16.0. The van der Waals surface area contributed by atoms with Crippen LogP contribution in [-0.4, -0.2) is 22.6 Å². The average Bonchev–Trinajstić information content (AvgIpc) is 3.20. The number of para-hydroxylation sites is 1. The van der Waals surface area contributed by atoms with Gasteiger partial charge >= 0.3 is 5.97 Å². The third-order valence-electron chi connectivity index (χ3n) is 6.06. The maximum absolute atomic E-state index is 13.8. The Balaban J connectivity index is 1.56. The zero-order chi connectivity index (χ0) is 22.9. The molecule has 5 rings (SSSR count).